The zero-order chi connectivity index (χ0) is 14.6. The zero-order valence-corrected chi connectivity index (χ0v) is 11.5. The molecule has 0 spiro atoms. The van der Waals surface area contributed by atoms with Crippen molar-refractivity contribution in [1.82, 2.24) is 5.32 Å². The number of nitrogens with two attached hydrogens (primary N) is 1. The summed E-state index contributed by atoms with van der Waals surface area (Å²) in [5, 5.41) is 2.78. The second kappa shape index (κ2) is 6.50. The number of amides is 1. The Morgan fingerprint density at radius 2 is 1.79 bits per heavy atom. The Balaban J connectivity index is 2.87. The molecule has 0 saturated heterocycles. The van der Waals surface area contributed by atoms with Gasteiger partial charge in [0.15, 0.2) is 11.6 Å². The third-order valence-corrected chi connectivity index (χ3v) is 3.45. The second-order valence-corrected chi connectivity index (χ2v) is 4.69. The fourth-order valence-corrected chi connectivity index (χ4v) is 2.16. The molecule has 1 atom stereocenters. The maximum atomic E-state index is 13.1. The summed E-state index contributed by atoms with van der Waals surface area (Å²) in [6.07, 6.45) is 1.87. The molecule has 0 heterocycles. The number of hydrogen-bond donors (Lipinski definition) is 2. The van der Waals surface area contributed by atoms with Gasteiger partial charge < -0.3 is 11.1 Å². The molecule has 1 unspecified atom stereocenters. The first-order valence-corrected chi connectivity index (χ1v) is 6.46. The lowest BCUT2D eigenvalue weighted by atomic mass is 9.95. The Morgan fingerprint density at radius 1 is 1.26 bits per heavy atom. The van der Waals surface area contributed by atoms with E-state index in [4.69, 9.17) is 5.73 Å². The van der Waals surface area contributed by atoms with Crippen LogP contribution in [0.2, 0.25) is 0 Å². The van der Waals surface area contributed by atoms with Crippen LogP contribution in [0.25, 0.3) is 0 Å². The largest absolute Gasteiger partial charge is 0.398 e. The van der Waals surface area contributed by atoms with Crippen LogP contribution in [0.15, 0.2) is 12.1 Å². The smallest absolute Gasteiger partial charge is 0.253 e. The fourth-order valence-electron chi connectivity index (χ4n) is 2.16. The van der Waals surface area contributed by atoms with Crippen molar-refractivity contribution >= 4 is 11.6 Å². The highest BCUT2D eigenvalue weighted by Crippen LogP contribution is 2.18. The Labute approximate surface area is 112 Å². The number of nitrogens with one attached hydrogen (secondary N) is 1. The number of benzene rings is 1. The SMILES string of the molecule is CCC(CC)C(C)NC(=O)c1cc(F)c(F)cc1N. The van der Waals surface area contributed by atoms with E-state index in [1.807, 2.05) is 20.8 Å². The Kier molecular flexibility index (Phi) is 5.27. The Hall–Kier alpha value is -1.65. The van der Waals surface area contributed by atoms with Crippen LogP contribution in [0, 0.1) is 17.6 Å². The monoisotopic (exact) mass is 270 g/mol. The van der Waals surface area contributed by atoms with E-state index in [2.05, 4.69) is 5.32 Å². The van der Waals surface area contributed by atoms with Crippen molar-refractivity contribution in [2.45, 2.75) is 39.7 Å². The molecule has 106 valence electrons. The van der Waals surface area contributed by atoms with Gasteiger partial charge in [-0.2, -0.15) is 0 Å². The van der Waals surface area contributed by atoms with E-state index in [0.29, 0.717) is 5.92 Å². The molecule has 5 heteroatoms. The molecule has 0 aromatic heterocycles. The average Bonchev–Trinajstić information content (AvgIpc) is 2.35. The Morgan fingerprint density at radius 3 is 2.32 bits per heavy atom. The molecule has 0 radical (unpaired) electrons. The molecule has 0 aliphatic heterocycles. The summed E-state index contributed by atoms with van der Waals surface area (Å²) in [5.74, 6) is -2.26. The molecule has 3 N–H and O–H groups in total. The molecule has 3 nitrogen and oxygen atoms in total. The molecule has 1 aromatic carbocycles. The molecule has 1 rings (SSSR count). The number of hydrogen-bond acceptors (Lipinski definition) is 2. The lowest BCUT2D eigenvalue weighted by Gasteiger charge is -2.22. The minimum absolute atomic E-state index is 0.0308. The van der Waals surface area contributed by atoms with Crippen molar-refractivity contribution in [3.8, 4) is 0 Å². The highest BCUT2D eigenvalue weighted by atomic mass is 19.2. The van der Waals surface area contributed by atoms with Gasteiger partial charge in [0.1, 0.15) is 0 Å². The third kappa shape index (κ3) is 3.66. The molecule has 0 fully saturated rings. The van der Waals surface area contributed by atoms with Crippen LogP contribution in [0.5, 0.6) is 0 Å². The van der Waals surface area contributed by atoms with Crippen LogP contribution >= 0.6 is 0 Å². The van der Waals surface area contributed by atoms with Gasteiger partial charge in [-0.25, -0.2) is 8.78 Å². The lowest BCUT2D eigenvalue weighted by Crippen LogP contribution is -2.38. The number of carbonyl (C=O) groups excluding carboxylic acids is 1. The number of halogens is 2. The van der Waals surface area contributed by atoms with Crippen molar-refractivity contribution in [2.24, 2.45) is 5.92 Å². The number of nitrogen functional groups attached to an aromatic ring is 1. The van der Waals surface area contributed by atoms with Gasteiger partial charge in [-0.05, 0) is 18.9 Å². The average molecular weight is 270 g/mol. The van der Waals surface area contributed by atoms with Crippen LogP contribution in [0.1, 0.15) is 44.0 Å². The van der Waals surface area contributed by atoms with Gasteiger partial charge in [0.2, 0.25) is 0 Å². The summed E-state index contributed by atoms with van der Waals surface area (Å²) in [6, 6.07) is 1.61. The topological polar surface area (TPSA) is 55.1 Å². The second-order valence-electron chi connectivity index (χ2n) is 4.69. The summed E-state index contributed by atoms with van der Waals surface area (Å²) in [5.41, 5.74) is 5.45. The van der Waals surface area contributed by atoms with E-state index in [1.165, 1.54) is 0 Å². The van der Waals surface area contributed by atoms with Crippen LogP contribution in [0.3, 0.4) is 0 Å². The van der Waals surface area contributed by atoms with E-state index in [-0.39, 0.29) is 17.3 Å². The van der Waals surface area contributed by atoms with Crippen LogP contribution in [-0.4, -0.2) is 11.9 Å². The quantitative estimate of drug-likeness (QED) is 0.808. The summed E-state index contributed by atoms with van der Waals surface area (Å²) >= 11 is 0. The molecular formula is C14H20F2N2O. The molecule has 0 saturated carbocycles. The van der Waals surface area contributed by atoms with Crippen molar-refractivity contribution in [1.29, 1.82) is 0 Å². The first-order valence-electron chi connectivity index (χ1n) is 6.46. The molecule has 0 bridgehead atoms. The molecule has 0 aliphatic rings. The summed E-state index contributed by atoms with van der Waals surface area (Å²) in [7, 11) is 0. The van der Waals surface area contributed by atoms with Gasteiger partial charge >= 0.3 is 0 Å². The predicted molar refractivity (Wildman–Crippen MR) is 71.8 cm³/mol. The van der Waals surface area contributed by atoms with Crippen LogP contribution in [-0.2, 0) is 0 Å². The number of rotatable bonds is 5. The van der Waals surface area contributed by atoms with Gasteiger partial charge in [0.05, 0.1) is 5.56 Å². The maximum absolute atomic E-state index is 13.1. The first-order chi connectivity index (χ1) is 8.90. The molecule has 19 heavy (non-hydrogen) atoms. The maximum Gasteiger partial charge on any atom is 0.253 e. The van der Waals surface area contributed by atoms with E-state index >= 15 is 0 Å². The first kappa shape index (κ1) is 15.4. The van der Waals surface area contributed by atoms with Crippen molar-refractivity contribution in [3.63, 3.8) is 0 Å². The minimum atomic E-state index is -1.07. The summed E-state index contributed by atoms with van der Waals surface area (Å²) in [6.45, 7) is 5.98. The molecule has 0 aliphatic carbocycles. The molecule has 1 amide bonds. The molecular weight excluding hydrogens is 250 g/mol. The summed E-state index contributed by atoms with van der Waals surface area (Å²) in [4.78, 5) is 12.0. The third-order valence-electron chi connectivity index (χ3n) is 3.45. The van der Waals surface area contributed by atoms with E-state index in [1.54, 1.807) is 0 Å². The van der Waals surface area contributed by atoms with E-state index in [0.717, 1.165) is 25.0 Å². The van der Waals surface area contributed by atoms with Gasteiger partial charge in [0.25, 0.3) is 5.91 Å². The van der Waals surface area contributed by atoms with E-state index in [9.17, 15) is 13.6 Å². The fraction of sp³-hybridized carbons (Fsp3) is 0.500. The van der Waals surface area contributed by atoms with Crippen LogP contribution < -0.4 is 11.1 Å². The number of carbonyl (C=O) groups is 1. The lowest BCUT2D eigenvalue weighted by molar-refractivity contribution is 0.0925. The zero-order valence-electron chi connectivity index (χ0n) is 11.5. The van der Waals surface area contributed by atoms with Crippen LogP contribution in [0.4, 0.5) is 14.5 Å². The standard InChI is InChI=1S/C14H20F2N2O/c1-4-9(5-2)8(3)18-14(19)10-6-11(15)12(16)7-13(10)17/h6-9H,4-5,17H2,1-3H3,(H,18,19). The Bertz CT molecular complexity index is 459. The summed E-state index contributed by atoms with van der Waals surface area (Å²) < 4.78 is 26.1. The minimum Gasteiger partial charge on any atom is -0.398 e. The van der Waals surface area contributed by atoms with Crippen molar-refractivity contribution < 1.29 is 13.6 Å². The van der Waals surface area contributed by atoms with Gasteiger partial charge in [-0.15, -0.1) is 0 Å². The van der Waals surface area contributed by atoms with Crippen molar-refractivity contribution in [3.05, 3.63) is 29.3 Å². The van der Waals surface area contributed by atoms with Crippen molar-refractivity contribution in [2.75, 3.05) is 5.73 Å². The molecule has 1 aromatic rings. The highest BCUT2D eigenvalue weighted by Gasteiger charge is 2.19. The van der Waals surface area contributed by atoms with Gasteiger partial charge in [-0.1, -0.05) is 26.7 Å². The number of anilines is 1. The van der Waals surface area contributed by atoms with Gasteiger partial charge in [-0.3, -0.25) is 4.79 Å². The normalized spacial score (nSPS) is 12.5. The highest BCUT2D eigenvalue weighted by molar-refractivity contribution is 5.99. The van der Waals surface area contributed by atoms with E-state index < -0.39 is 17.5 Å². The predicted octanol–water partition coefficient (Wildman–Crippen LogP) is 3.10. The van der Waals surface area contributed by atoms with Gasteiger partial charge in [0, 0.05) is 17.8 Å².